The molecule has 0 saturated heterocycles. The summed E-state index contributed by atoms with van der Waals surface area (Å²) >= 11 is 0. The van der Waals surface area contributed by atoms with Crippen molar-refractivity contribution in [2.75, 3.05) is 0 Å². The highest BCUT2D eigenvalue weighted by atomic mass is 16.3. The number of aromatic nitrogens is 2. The maximum atomic E-state index is 6.14. The van der Waals surface area contributed by atoms with Gasteiger partial charge in [-0.3, -0.25) is 0 Å². The lowest BCUT2D eigenvalue weighted by molar-refractivity contribution is 0.661. The van der Waals surface area contributed by atoms with E-state index in [2.05, 4.69) is 214 Å². The van der Waals surface area contributed by atoms with E-state index in [0.29, 0.717) is 5.82 Å². The van der Waals surface area contributed by atoms with Gasteiger partial charge in [-0.25, -0.2) is 9.97 Å². The lowest BCUT2D eigenvalue weighted by Crippen LogP contribution is -2.14. The number of fused-ring (bicyclic) bond motifs is 8. The van der Waals surface area contributed by atoms with E-state index < -0.39 is 0 Å². The second-order valence-electron chi connectivity index (χ2n) is 18.1. The summed E-state index contributed by atoms with van der Waals surface area (Å²) in [6.07, 6.45) is 0. The van der Waals surface area contributed by atoms with Gasteiger partial charge in [-0.1, -0.05) is 196 Å². The average Bonchev–Trinajstić information content (AvgIpc) is 3.86. The molecule has 66 heavy (non-hydrogen) atoms. The Hall–Kier alpha value is -8.40. The quantitative estimate of drug-likeness (QED) is 0.167. The zero-order valence-corrected chi connectivity index (χ0v) is 36.6. The molecule has 2 heterocycles. The molecule has 0 radical (unpaired) electrons. The minimum absolute atomic E-state index is 0.178. The zero-order chi connectivity index (χ0) is 43.9. The molecule has 13 rings (SSSR count). The van der Waals surface area contributed by atoms with Gasteiger partial charge in [0.05, 0.1) is 11.4 Å². The fraction of sp³-hybridized carbons (Fsp3) is 0.0476. The van der Waals surface area contributed by atoms with Gasteiger partial charge in [0.15, 0.2) is 5.82 Å². The van der Waals surface area contributed by atoms with Gasteiger partial charge in [0.1, 0.15) is 11.2 Å². The van der Waals surface area contributed by atoms with Crippen LogP contribution in [0.1, 0.15) is 25.0 Å². The van der Waals surface area contributed by atoms with Crippen molar-refractivity contribution in [3.8, 4) is 78.4 Å². The van der Waals surface area contributed by atoms with Crippen molar-refractivity contribution in [1.82, 2.24) is 9.97 Å². The molecule has 12 aromatic rings. The summed E-state index contributed by atoms with van der Waals surface area (Å²) < 4.78 is 6.14. The monoisotopic (exact) mass is 842 g/mol. The summed E-state index contributed by atoms with van der Waals surface area (Å²) in [5.41, 5.74) is 18.7. The van der Waals surface area contributed by atoms with E-state index in [-0.39, 0.29) is 5.41 Å². The number of hydrogen-bond acceptors (Lipinski definition) is 3. The molecule has 0 atom stereocenters. The Morgan fingerprint density at radius 1 is 0.333 bits per heavy atom. The van der Waals surface area contributed by atoms with Gasteiger partial charge in [0, 0.05) is 32.9 Å². The lowest BCUT2D eigenvalue weighted by atomic mass is 9.81. The highest BCUT2D eigenvalue weighted by Gasteiger charge is 2.38. The smallest absolute Gasteiger partial charge is 0.160 e. The van der Waals surface area contributed by atoms with Crippen LogP contribution in [0.3, 0.4) is 0 Å². The molecule has 0 unspecified atom stereocenters. The zero-order valence-electron chi connectivity index (χ0n) is 36.6. The van der Waals surface area contributed by atoms with Crippen LogP contribution in [0, 0.1) is 0 Å². The van der Waals surface area contributed by atoms with E-state index in [4.69, 9.17) is 14.4 Å². The fourth-order valence-corrected chi connectivity index (χ4v) is 10.6. The third-order valence-corrected chi connectivity index (χ3v) is 13.9. The number of furan rings is 1. The first-order valence-electron chi connectivity index (χ1n) is 22.7. The van der Waals surface area contributed by atoms with Gasteiger partial charge in [0.2, 0.25) is 0 Å². The predicted molar refractivity (Wildman–Crippen MR) is 275 cm³/mol. The van der Waals surface area contributed by atoms with Crippen LogP contribution in [-0.4, -0.2) is 9.97 Å². The Labute approximate surface area is 383 Å². The highest BCUT2D eigenvalue weighted by Crippen LogP contribution is 2.55. The number of hydrogen-bond donors (Lipinski definition) is 0. The Bertz CT molecular complexity index is 3900. The first-order valence-corrected chi connectivity index (χ1v) is 22.7. The standard InChI is InChI=1S/C63H42N2O/c1-63(2)54-25-14-24-51(61(54)53-36-43-18-6-7-19-44(43)37-55(53)63)60-47-21-9-8-15-40(47)31-33-50(60)57-38-56(64-62(65-57)42-16-4-3-5-17-42)48-22-11-10-20-46(48)41-29-27-39(28-30-41)45-32-34-59-52(35-45)49-23-12-13-26-58(49)66-59/h3-38H,1-2H3. The van der Waals surface area contributed by atoms with Crippen LogP contribution in [0.2, 0.25) is 0 Å². The maximum absolute atomic E-state index is 6.14. The third-order valence-electron chi connectivity index (χ3n) is 13.9. The van der Waals surface area contributed by atoms with Gasteiger partial charge in [0.25, 0.3) is 0 Å². The molecule has 1 aliphatic carbocycles. The molecular formula is C63H42N2O. The first-order chi connectivity index (χ1) is 32.5. The molecule has 0 spiro atoms. The minimum Gasteiger partial charge on any atom is -0.456 e. The van der Waals surface area contributed by atoms with Crippen molar-refractivity contribution in [3.63, 3.8) is 0 Å². The molecule has 1 aliphatic rings. The Morgan fingerprint density at radius 2 is 0.955 bits per heavy atom. The Morgan fingerprint density at radius 3 is 1.77 bits per heavy atom. The van der Waals surface area contributed by atoms with Crippen molar-refractivity contribution in [3.05, 3.63) is 230 Å². The van der Waals surface area contributed by atoms with Crippen LogP contribution >= 0.6 is 0 Å². The summed E-state index contributed by atoms with van der Waals surface area (Å²) in [6.45, 7) is 4.74. The SMILES string of the molecule is CC1(C)c2cc3ccccc3cc2-c2c(-c3c(-c4cc(-c5ccccc5-c5ccc(-c6ccc7oc8ccccc8c7c6)cc5)nc(-c5ccccc5)n4)ccc4ccccc34)cccc21. The average molecular weight is 843 g/mol. The van der Waals surface area contributed by atoms with Crippen molar-refractivity contribution < 1.29 is 4.42 Å². The minimum atomic E-state index is -0.178. The lowest BCUT2D eigenvalue weighted by Gasteiger charge is -2.22. The van der Waals surface area contributed by atoms with Crippen molar-refractivity contribution in [2.45, 2.75) is 19.3 Å². The predicted octanol–water partition coefficient (Wildman–Crippen LogP) is 17.0. The van der Waals surface area contributed by atoms with Gasteiger partial charge >= 0.3 is 0 Å². The van der Waals surface area contributed by atoms with Gasteiger partial charge in [-0.2, -0.15) is 0 Å². The van der Waals surface area contributed by atoms with Gasteiger partial charge < -0.3 is 4.42 Å². The van der Waals surface area contributed by atoms with Crippen LogP contribution in [-0.2, 0) is 5.41 Å². The number of benzene rings is 10. The topological polar surface area (TPSA) is 38.9 Å². The molecule has 10 aromatic carbocycles. The van der Waals surface area contributed by atoms with Crippen molar-refractivity contribution in [2.24, 2.45) is 0 Å². The van der Waals surface area contributed by atoms with Crippen molar-refractivity contribution >= 4 is 43.5 Å². The normalized spacial score (nSPS) is 12.8. The van der Waals surface area contributed by atoms with Crippen LogP contribution in [0.4, 0.5) is 0 Å². The maximum Gasteiger partial charge on any atom is 0.160 e. The summed E-state index contributed by atoms with van der Waals surface area (Å²) in [5, 5.41) is 7.15. The molecule has 0 N–H and O–H groups in total. The summed E-state index contributed by atoms with van der Waals surface area (Å²) in [7, 11) is 0. The molecule has 3 nitrogen and oxygen atoms in total. The molecule has 0 fully saturated rings. The summed E-state index contributed by atoms with van der Waals surface area (Å²) in [5.74, 6) is 0.686. The largest absolute Gasteiger partial charge is 0.456 e. The second kappa shape index (κ2) is 14.8. The van der Waals surface area contributed by atoms with Crippen molar-refractivity contribution in [1.29, 1.82) is 0 Å². The molecule has 3 heteroatoms. The third kappa shape index (κ3) is 6.04. The van der Waals surface area contributed by atoms with E-state index in [1.54, 1.807) is 0 Å². The van der Waals surface area contributed by atoms with Gasteiger partial charge in [-0.05, 0) is 114 Å². The molecule has 2 aromatic heterocycles. The Kier molecular flexibility index (Phi) is 8.56. The summed E-state index contributed by atoms with van der Waals surface area (Å²) in [4.78, 5) is 10.8. The van der Waals surface area contributed by atoms with E-state index >= 15 is 0 Å². The Balaban J connectivity index is 0.988. The molecule has 0 bridgehead atoms. The summed E-state index contributed by atoms with van der Waals surface area (Å²) in [6, 6.07) is 78.5. The second-order valence-corrected chi connectivity index (χ2v) is 18.1. The molecule has 0 saturated carbocycles. The molecule has 0 aliphatic heterocycles. The van der Waals surface area contributed by atoms with E-state index in [1.165, 1.54) is 54.9 Å². The fourth-order valence-electron chi connectivity index (χ4n) is 10.6. The van der Waals surface area contributed by atoms with Crippen LogP contribution in [0.25, 0.3) is 122 Å². The van der Waals surface area contributed by atoms with E-state index in [9.17, 15) is 0 Å². The van der Waals surface area contributed by atoms with E-state index in [0.717, 1.165) is 72.3 Å². The molecule has 0 amide bonds. The number of para-hydroxylation sites is 1. The van der Waals surface area contributed by atoms with Crippen LogP contribution in [0.15, 0.2) is 223 Å². The van der Waals surface area contributed by atoms with Crippen LogP contribution < -0.4 is 0 Å². The molecule has 310 valence electrons. The first kappa shape index (κ1) is 38.1. The molecular weight excluding hydrogens is 801 g/mol. The van der Waals surface area contributed by atoms with Gasteiger partial charge in [-0.15, -0.1) is 0 Å². The number of rotatable bonds is 6. The van der Waals surface area contributed by atoms with E-state index in [1.807, 2.05) is 18.2 Å². The van der Waals surface area contributed by atoms with Crippen LogP contribution in [0.5, 0.6) is 0 Å². The number of nitrogens with zero attached hydrogens (tertiary/aromatic N) is 2. The highest BCUT2D eigenvalue weighted by molar-refractivity contribution is 6.10.